The molecule has 1 aliphatic heterocycles. The quantitative estimate of drug-likeness (QED) is 0.859. The lowest BCUT2D eigenvalue weighted by Crippen LogP contribution is -2.50. The van der Waals surface area contributed by atoms with Crippen molar-refractivity contribution in [1.29, 1.82) is 0 Å². The molecule has 4 rings (SSSR count). The van der Waals surface area contributed by atoms with Gasteiger partial charge in [-0.05, 0) is 48.0 Å². The second kappa shape index (κ2) is 5.78. The number of nitrogens with one attached hydrogen (secondary N) is 1. The van der Waals surface area contributed by atoms with Gasteiger partial charge < -0.3 is 4.98 Å². The molecule has 1 aromatic carbocycles. The molecule has 2 unspecified atom stereocenters. The van der Waals surface area contributed by atoms with Crippen molar-refractivity contribution in [2.45, 2.75) is 24.8 Å². The number of hydrogen-bond acceptors (Lipinski definition) is 2. The van der Waals surface area contributed by atoms with E-state index in [1.165, 1.54) is 41.6 Å². The number of likely N-dealkylation sites (tertiary alicyclic amines) is 1. The number of thioether (sulfide) groups is 1. The first kappa shape index (κ1) is 14.4. The number of aromatic amines is 1. The van der Waals surface area contributed by atoms with E-state index < -0.39 is 0 Å². The van der Waals surface area contributed by atoms with Crippen LogP contribution in [-0.2, 0) is 6.42 Å². The van der Waals surface area contributed by atoms with Crippen molar-refractivity contribution in [2.24, 2.45) is 5.92 Å². The number of hydrogen-bond donors (Lipinski definition) is 1. The Morgan fingerprint density at radius 3 is 3.18 bits per heavy atom. The lowest BCUT2D eigenvalue weighted by atomic mass is 9.72. The van der Waals surface area contributed by atoms with Crippen LogP contribution in [-0.4, -0.2) is 41.0 Å². The fraction of sp³-hybridized carbons (Fsp3) is 0.474. The highest BCUT2D eigenvalue weighted by Crippen LogP contribution is 2.45. The highest BCUT2D eigenvalue weighted by Gasteiger charge is 2.40. The number of aromatic nitrogens is 1. The number of nitrogens with zero attached hydrogens (tertiary/aromatic N) is 1. The minimum Gasteiger partial charge on any atom is -0.361 e. The van der Waals surface area contributed by atoms with Crippen molar-refractivity contribution in [1.82, 2.24) is 9.88 Å². The van der Waals surface area contributed by atoms with Crippen LogP contribution < -0.4 is 0 Å². The largest absolute Gasteiger partial charge is 0.361 e. The molecular weight excluding hydrogens is 288 g/mol. The maximum atomic E-state index is 3.98. The van der Waals surface area contributed by atoms with E-state index in [0.29, 0.717) is 12.0 Å². The Morgan fingerprint density at radius 2 is 2.36 bits per heavy atom. The summed E-state index contributed by atoms with van der Waals surface area (Å²) in [5, 5.41) is 1.51. The summed E-state index contributed by atoms with van der Waals surface area (Å²) in [6.45, 7) is 6.22. The van der Waals surface area contributed by atoms with E-state index in [2.05, 4.69) is 53.2 Å². The first-order valence-electron chi connectivity index (χ1n) is 8.24. The van der Waals surface area contributed by atoms with Crippen molar-refractivity contribution in [3.05, 3.63) is 48.2 Å². The molecule has 0 radical (unpaired) electrons. The summed E-state index contributed by atoms with van der Waals surface area (Å²) in [6, 6.07) is 7.44. The van der Waals surface area contributed by atoms with Gasteiger partial charge >= 0.3 is 0 Å². The van der Waals surface area contributed by atoms with Crippen LogP contribution in [0.25, 0.3) is 10.9 Å². The molecule has 0 saturated carbocycles. The van der Waals surface area contributed by atoms with Gasteiger partial charge in [-0.1, -0.05) is 18.2 Å². The van der Waals surface area contributed by atoms with Crippen molar-refractivity contribution in [2.75, 3.05) is 25.1 Å². The summed E-state index contributed by atoms with van der Waals surface area (Å²) in [7, 11) is 0. The molecule has 1 N–H and O–H groups in total. The monoisotopic (exact) mass is 312 g/mol. The van der Waals surface area contributed by atoms with E-state index in [4.69, 9.17) is 0 Å². The zero-order valence-electron chi connectivity index (χ0n) is 13.2. The van der Waals surface area contributed by atoms with Gasteiger partial charge in [0.05, 0.1) is 0 Å². The van der Waals surface area contributed by atoms with E-state index in [1.807, 2.05) is 11.8 Å². The topological polar surface area (TPSA) is 19.0 Å². The molecule has 2 aliphatic rings. The van der Waals surface area contributed by atoms with Gasteiger partial charge in [0.2, 0.25) is 0 Å². The number of benzene rings is 1. The Morgan fingerprint density at radius 1 is 1.45 bits per heavy atom. The van der Waals surface area contributed by atoms with Crippen LogP contribution in [0.3, 0.4) is 0 Å². The molecule has 3 atom stereocenters. The van der Waals surface area contributed by atoms with Gasteiger partial charge in [0.15, 0.2) is 0 Å². The van der Waals surface area contributed by atoms with E-state index in [-0.39, 0.29) is 0 Å². The Hall–Kier alpha value is -1.19. The summed E-state index contributed by atoms with van der Waals surface area (Å²) in [5.41, 5.74) is 4.39. The SMILES string of the molecule is C=CCN1CC(CSC)CC2c3cccc4[nH]cc(c34)C[C@H]21. The molecule has 0 spiro atoms. The van der Waals surface area contributed by atoms with Gasteiger partial charge in [-0.2, -0.15) is 11.8 Å². The maximum absolute atomic E-state index is 3.98. The summed E-state index contributed by atoms with van der Waals surface area (Å²) in [5.74, 6) is 2.75. The molecule has 1 saturated heterocycles. The van der Waals surface area contributed by atoms with Crippen molar-refractivity contribution < 1.29 is 0 Å². The third-order valence-electron chi connectivity index (χ3n) is 5.43. The van der Waals surface area contributed by atoms with Gasteiger partial charge in [-0.15, -0.1) is 6.58 Å². The highest BCUT2D eigenvalue weighted by molar-refractivity contribution is 7.98. The molecule has 3 heteroatoms. The zero-order valence-corrected chi connectivity index (χ0v) is 14.0. The Balaban J connectivity index is 1.77. The lowest BCUT2D eigenvalue weighted by molar-refractivity contribution is 0.105. The Kier molecular flexibility index (Phi) is 3.79. The van der Waals surface area contributed by atoms with Crippen LogP contribution in [0.1, 0.15) is 23.5 Å². The minimum absolute atomic E-state index is 0.644. The van der Waals surface area contributed by atoms with Crippen LogP contribution >= 0.6 is 11.8 Å². The molecule has 1 aromatic heterocycles. The molecule has 0 bridgehead atoms. The lowest BCUT2D eigenvalue weighted by Gasteiger charge is -2.47. The number of H-pyrrole nitrogens is 1. The third-order valence-corrected chi connectivity index (χ3v) is 6.23. The Bertz CT molecular complexity index is 690. The fourth-order valence-corrected chi connectivity index (χ4v) is 5.34. The molecule has 1 fully saturated rings. The molecular formula is C19H24N2S. The van der Waals surface area contributed by atoms with Crippen LogP contribution in [0.5, 0.6) is 0 Å². The number of fused-ring (bicyclic) bond motifs is 2. The van der Waals surface area contributed by atoms with Crippen LogP contribution in [0.4, 0.5) is 0 Å². The highest BCUT2D eigenvalue weighted by atomic mass is 32.2. The van der Waals surface area contributed by atoms with Crippen LogP contribution in [0.15, 0.2) is 37.1 Å². The van der Waals surface area contributed by atoms with E-state index in [1.54, 1.807) is 5.56 Å². The third kappa shape index (κ3) is 2.22. The van der Waals surface area contributed by atoms with Crippen molar-refractivity contribution in [3.63, 3.8) is 0 Å². The second-order valence-corrected chi connectivity index (χ2v) is 7.67. The van der Waals surface area contributed by atoms with Gasteiger partial charge in [-0.3, -0.25) is 4.90 Å². The van der Waals surface area contributed by atoms with Gasteiger partial charge in [0, 0.05) is 42.1 Å². The maximum Gasteiger partial charge on any atom is 0.0459 e. The first-order valence-corrected chi connectivity index (χ1v) is 9.64. The zero-order chi connectivity index (χ0) is 15.1. The summed E-state index contributed by atoms with van der Waals surface area (Å²) >= 11 is 1.99. The van der Waals surface area contributed by atoms with Gasteiger partial charge in [-0.25, -0.2) is 0 Å². The normalized spacial score (nSPS) is 27.8. The summed E-state index contributed by atoms with van der Waals surface area (Å²) in [4.78, 5) is 6.15. The number of piperidine rings is 1. The Labute approximate surface area is 137 Å². The smallest absolute Gasteiger partial charge is 0.0459 e. The predicted octanol–water partition coefficient (Wildman–Crippen LogP) is 4.05. The summed E-state index contributed by atoms with van der Waals surface area (Å²) in [6.07, 6.45) is 9.05. The van der Waals surface area contributed by atoms with Gasteiger partial charge in [0.25, 0.3) is 0 Å². The molecule has 2 heterocycles. The molecule has 1 aliphatic carbocycles. The average Bonchev–Trinajstić information content (AvgIpc) is 2.94. The average molecular weight is 312 g/mol. The summed E-state index contributed by atoms with van der Waals surface area (Å²) < 4.78 is 0. The second-order valence-electron chi connectivity index (χ2n) is 6.76. The minimum atomic E-state index is 0.644. The van der Waals surface area contributed by atoms with Gasteiger partial charge in [0.1, 0.15) is 0 Å². The van der Waals surface area contributed by atoms with Crippen LogP contribution in [0, 0.1) is 5.92 Å². The van der Waals surface area contributed by atoms with E-state index >= 15 is 0 Å². The number of rotatable bonds is 4. The van der Waals surface area contributed by atoms with E-state index in [9.17, 15) is 0 Å². The molecule has 2 nitrogen and oxygen atoms in total. The van der Waals surface area contributed by atoms with Crippen molar-refractivity contribution in [3.8, 4) is 0 Å². The standard InChI is InChI=1S/C19H24N2S/c1-3-7-21-11-13(12-22-2)8-16-15-5-4-6-17-19(15)14(10-20-17)9-18(16)21/h3-6,10,13,16,18,20H,1,7-9,11-12H2,2H3/t13?,16?,18-/m1/s1. The molecule has 2 aromatic rings. The van der Waals surface area contributed by atoms with Crippen LogP contribution in [0.2, 0.25) is 0 Å². The first-order chi connectivity index (χ1) is 10.8. The van der Waals surface area contributed by atoms with Crippen molar-refractivity contribution >= 4 is 22.7 Å². The molecule has 116 valence electrons. The molecule has 22 heavy (non-hydrogen) atoms. The molecule has 0 amide bonds. The fourth-order valence-electron chi connectivity index (χ4n) is 4.63. The van der Waals surface area contributed by atoms with E-state index in [0.717, 1.165) is 12.5 Å². The predicted molar refractivity (Wildman–Crippen MR) is 96.8 cm³/mol.